The van der Waals surface area contributed by atoms with E-state index < -0.39 is 0 Å². The first-order valence-corrected chi connectivity index (χ1v) is 9.79. The summed E-state index contributed by atoms with van der Waals surface area (Å²) in [6.07, 6.45) is 1.78. The van der Waals surface area contributed by atoms with Gasteiger partial charge >= 0.3 is 5.97 Å². The standard InChI is InChI=1S/C22H23NO2S/c1-4-14-25-22(24)17-12-10-16(11-13-17)21-18-8-6-7-9-20(18)26-19(5-2)15(3)23-21/h6-13H,4-5,14H2,1-3H3. The molecule has 0 aliphatic carbocycles. The molecule has 0 saturated carbocycles. The zero-order valence-electron chi connectivity index (χ0n) is 15.4. The van der Waals surface area contributed by atoms with Crippen molar-refractivity contribution in [2.45, 2.75) is 38.5 Å². The summed E-state index contributed by atoms with van der Waals surface area (Å²) in [5.41, 5.74) is 4.70. The van der Waals surface area contributed by atoms with Crippen LogP contribution in [0.25, 0.3) is 0 Å². The van der Waals surface area contributed by atoms with E-state index >= 15 is 0 Å². The fourth-order valence-electron chi connectivity index (χ4n) is 2.84. The lowest BCUT2D eigenvalue weighted by molar-refractivity contribution is 0.0505. The van der Waals surface area contributed by atoms with Gasteiger partial charge in [0, 0.05) is 26.6 Å². The summed E-state index contributed by atoms with van der Waals surface area (Å²) < 4.78 is 5.20. The first kappa shape index (κ1) is 18.5. The maximum absolute atomic E-state index is 12.0. The Hall–Kier alpha value is -2.33. The summed E-state index contributed by atoms with van der Waals surface area (Å²) in [7, 11) is 0. The van der Waals surface area contributed by atoms with Crippen LogP contribution in [0.2, 0.25) is 0 Å². The number of allylic oxidation sites excluding steroid dienone is 2. The molecule has 0 unspecified atom stereocenters. The van der Waals surface area contributed by atoms with Crippen molar-refractivity contribution in [3.05, 3.63) is 75.8 Å². The van der Waals surface area contributed by atoms with Crippen LogP contribution in [0.4, 0.5) is 0 Å². The SMILES string of the molecule is CCCOC(=O)c1ccc(C2=NC(C)=C(CC)Sc3ccccc32)cc1. The second-order valence-corrected chi connectivity index (χ2v) is 7.27. The topological polar surface area (TPSA) is 38.7 Å². The van der Waals surface area contributed by atoms with E-state index in [9.17, 15) is 4.79 Å². The van der Waals surface area contributed by atoms with Crippen molar-refractivity contribution in [1.29, 1.82) is 0 Å². The zero-order chi connectivity index (χ0) is 18.5. The summed E-state index contributed by atoms with van der Waals surface area (Å²) in [5, 5.41) is 0. The molecule has 0 radical (unpaired) electrons. The van der Waals surface area contributed by atoms with E-state index in [2.05, 4.69) is 32.0 Å². The predicted octanol–water partition coefficient (Wildman–Crippen LogP) is 5.84. The van der Waals surface area contributed by atoms with Gasteiger partial charge in [0.1, 0.15) is 0 Å². The molecule has 4 heteroatoms. The average Bonchev–Trinajstić information content (AvgIpc) is 2.82. The van der Waals surface area contributed by atoms with Crippen LogP contribution >= 0.6 is 11.8 Å². The number of hydrogen-bond donors (Lipinski definition) is 0. The fraction of sp³-hybridized carbons (Fsp3) is 0.273. The molecule has 0 amide bonds. The minimum atomic E-state index is -0.276. The molecule has 1 heterocycles. The van der Waals surface area contributed by atoms with Gasteiger partial charge in [0.25, 0.3) is 0 Å². The lowest BCUT2D eigenvalue weighted by atomic mass is 10.0. The number of carbonyl (C=O) groups excluding carboxylic acids is 1. The highest BCUT2D eigenvalue weighted by molar-refractivity contribution is 8.03. The highest BCUT2D eigenvalue weighted by Crippen LogP contribution is 2.37. The number of thioether (sulfide) groups is 1. The molecule has 1 aliphatic heterocycles. The van der Waals surface area contributed by atoms with Crippen LogP contribution in [0.3, 0.4) is 0 Å². The van der Waals surface area contributed by atoms with Crippen molar-refractivity contribution in [2.24, 2.45) is 4.99 Å². The van der Waals surface area contributed by atoms with Crippen LogP contribution in [0, 0.1) is 0 Å². The van der Waals surface area contributed by atoms with Crippen molar-refractivity contribution in [2.75, 3.05) is 6.61 Å². The molecule has 0 spiro atoms. The van der Waals surface area contributed by atoms with Crippen molar-refractivity contribution in [1.82, 2.24) is 0 Å². The number of ether oxygens (including phenoxy) is 1. The van der Waals surface area contributed by atoms with Gasteiger partial charge in [-0.25, -0.2) is 4.79 Å². The Kier molecular flexibility index (Phi) is 5.94. The molecule has 134 valence electrons. The molecule has 3 nitrogen and oxygen atoms in total. The van der Waals surface area contributed by atoms with Crippen molar-refractivity contribution in [3.63, 3.8) is 0 Å². The van der Waals surface area contributed by atoms with Gasteiger partial charge in [-0.2, -0.15) is 0 Å². The maximum atomic E-state index is 12.0. The number of rotatable bonds is 5. The molecular weight excluding hydrogens is 342 g/mol. The lowest BCUT2D eigenvalue weighted by Gasteiger charge is -2.10. The largest absolute Gasteiger partial charge is 0.462 e. The van der Waals surface area contributed by atoms with Gasteiger partial charge in [0.2, 0.25) is 0 Å². The average molecular weight is 365 g/mol. The van der Waals surface area contributed by atoms with Crippen LogP contribution in [0.5, 0.6) is 0 Å². The third-order valence-electron chi connectivity index (χ3n) is 4.21. The Balaban J connectivity index is 1.99. The van der Waals surface area contributed by atoms with Crippen LogP contribution in [0.15, 0.2) is 69.0 Å². The molecule has 1 aliphatic rings. The molecule has 0 aromatic heterocycles. The van der Waals surface area contributed by atoms with Gasteiger partial charge in [-0.3, -0.25) is 4.99 Å². The number of aliphatic imine (C=N–C) groups is 1. The van der Waals surface area contributed by atoms with Gasteiger partial charge in [0.15, 0.2) is 0 Å². The van der Waals surface area contributed by atoms with Crippen LogP contribution in [0.1, 0.15) is 55.1 Å². The van der Waals surface area contributed by atoms with E-state index in [4.69, 9.17) is 9.73 Å². The smallest absolute Gasteiger partial charge is 0.338 e. The van der Waals surface area contributed by atoms with Crippen molar-refractivity contribution >= 4 is 23.4 Å². The van der Waals surface area contributed by atoms with Crippen LogP contribution < -0.4 is 0 Å². The van der Waals surface area contributed by atoms with E-state index in [0.29, 0.717) is 12.2 Å². The van der Waals surface area contributed by atoms with E-state index in [1.807, 2.05) is 37.3 Å². The van der Waals surface area contributed by atoms with E-state index in [0.717, 1.165) is 35.4 Å². The van der Waals surface area contributed by atoms with Gasteiger partial charge in [0.05, 0.1) is 17.9 Å². The Bertz CT molecular complexity index is 866. The highest BCUT2D eigenvalue weighted by Gasteiger charge is 2.18. The van der Waals surface area contributed by atoms with Gasteiger partial charge < -0.3 is 4.74 Å². The maximum Gasteiger partial charge on any atom is 0.338 e. The molecule has 2 aromatic rings. The predicted molar refractivity (Wildman–Crippen MR) is 108 cm³/mol. The lowest BCUT2D eigenvalue weighted by Crippen LogP contribution is -2.08. The van der Waals surface area contributed by atoms with E-state index in [-0.39, 0.29) is 5.97 Å². The van der Waals surface area contributed by atoms with Gasteiger partial charge in [-0.1, -0.05) is 55.9 Å². The summed E-state index contributed by atoms with van der Waals surface area (Å²) >= 11 is 1.79. The summed E-state index contributed by atoms with van der Waals surface area (Å²) in [5.74, 6) is -0.276. The van der Waals surface area contributed by atoms with Gasteiger partial charge in [-0.15, -0.1) is 0 Å². The minimum absolute atomic E-state index is 0.276. The molecule has 3 rings (SSSR count). The Morgan fingerprint density at radius 2 is 1.81 bits per heavy atom. The summed E-state index contributed by atoms with van der Waals surface area (Å²) in [6.45, 7) is 6.65. The molecule has 0 saturated heterocycles. The quantitative estimate of drug-likeness (QED) is 0.625. The number of carbonyl (C=O) groups is 1. The number of benzene rings is 2. The minimum Gasteiger partial charge on any atom is -0.462 e. The summed E-state index contributed by atoms with van der Waals surface area (Å²) in [4.78, 5) is 19.4. The molecule has 0 bridgehead atoms. The summed E-state index contributed by atoms with van der Waals surface area (Å²) in [6, 6.07) is 15.9. The molecule has 0 fully saturated rings. The highest BCUT2D eigenvalue weighted by atomic mass is 32.2. The Morgan fingerprint density at radius 3 is 2.50 bits per heavy atom. The zero-order valence-corrected chi connectivity index (χ0v) is 16.2. The monoisotopic (exact) mass is 365 g/mol. The third kappa shape index (κ3) is 3.91. The normalized spacial score (nSPS) is 13.7. The van der Waals surface area contributed by atoms with Crippen molar-refractivity contribution in [3.8, 4) is 0 Å². The Labute approximate surface area is 159 Å². The number of hydrogen-bond acceptors (Lipinski definition) is 4. The first-order chi connectivity index (χ1) is 12.6. The number of fused-ring (bicyclic) bond motifs is 1. The second kappa shape index (κ2) is 8.37. The second-order valence-electron chi connectivity index (χ2n) is 6.13. The third-order valence-corrected chi connectivity index (χ3v) is 5.62. The fourth-order valence-corrected chi connectivity index (χ4v) is 3.86. The van der Waals surface area contributed by atoms with Crippen LogP contribution in [-0.4, -0.2) is 18.3 Å². The molecule has 0 N–H and O–H groups in total. The van der Waals surface area contributed by atoms with E-state index in [1.54, 1.807) is 11.8 Å². The van der Waals surface area contributed by atoms with Crippen LogP contribution in [-0.2, 0) is 4.74 Å². The molecule has 2 aromatic carbocycles. The number of esters is 1. The molecule has 0 atom stereocenters. The van der Waals surface area contributed by atoms with E-state index in [1.165, 1.54) is 9.80 Å². The molecular formula is C22H23NO2S. The Morgan fingerprint density at radius 1 is 1.08 bits per heavy atom. The molecule has 26 heavy (non-hydrogen) atoms. The first-order valence-electron chi connectivity index (χ1n) is 8.97. The number of nitrogens with zero attached hydrogens (tertiary/aromatic N) is 1. The van der Waals surface area contributed by atoms with Crippen molar-refractivity contribution < 1.29 is 9.53 Å². The van der Waals surface area contributed by atoms with Gasteiger partial charge in [-0.05, 0) is 38.0 Å².